The quantitative estimate of drug-likeness (QED) is 0.671. The Hall–Kier alpha value is -2.25. The highest BCUT2D eigenvalue weighted by atomic mass is 16.5. The van der Waals surface area contributed by atoms with Gasteiger partial charge in [-0.3, -0.25) is 4.90 Å². The van der Waals surface area contributed by atoms with Crippen molar-refractivity contribution in [2.24, 2.45) is 0 Å². The Balaban J connectivity index is 1.35. The molecular weight excluding hydrogens is 316 g/mol. The van der Waals surface area contributed by atoms with E-state index in [1.54, 1.807) is 6.20 Å². The molecule has 0 radical (unpaired) electrons. The summed E-state index contributed by atoms with van der Waals surface area (Å²) in [6, 6.07) is 10.5. The second kappa shape index (κ2) is 9.90. The molecular formula is C18H26N6O. The molecule has 1 aliphatic heterocycles. The van der Waals surface area contributed by atoms with Gasteiger partial charge in [-0.1, -0.05) is 30.3 Å². The molecule has 7 heteroatoms. The van der Waals surface area contributed by atoms with Crippen LogP contribution < -0.4 is 10.6 Å². The Labute approximate surface area is 148 Å². The van der Waals surface area contributed by atoms with E-state index >= 15 is 0 Å². The first-order valence-electron chi connectivity index (χ1n) is 8.92. The SMILES string of the molecule is c1ccc(CCCNc2cnnc(NCCN3CCOCC3)n2)cc1. The second-order valence-electron chi connectivity index (χ2n) is 6.06. The van der Waals surface area contributed by atoms with E-state index in [-0.39, 0.29) is 0 Å². The number of anilines is 2. The Kier molecular flexibility index (Phi) is 6.96. The van der Waals surface area contributed by atoms with Crippen molar-refractivity contribution in [3.8, 4) is 0 Å². The van der Waals surface area contributed by atoms with E-state index in [0.717, 1.165) is 64.6 Å². The third-order valence-electron chi connectivity index (χ3n) is 4.16. The molecule has 3 rings (SSSR count). The van der Waals surface area contributed by atoms with Gasteiger partial charge in [0.25, 0.3) is 0 Å². The first kappa shape index (κ1) is 17.6. The van der Waals surface area contributed by atoms with Crippen molar-refractivity contribution in [3.63, 3.8) is 0 Å². The Morgan fingerprint density at radius 1 is 1.04 bits per heavy atom. The van der Waals surface area contributed by atoms with Crippen LogP contribution in [-0.4, -0.2) is 66.0 Å². The van der Waals surface area contributed by atoms with Gasteiger partial charge in [0.1, 0.15) is 5.82 Å². The lowest BCUT2D eigenvalue weighted by atomic mass is 10.1. The summed E-state index contributed by atoms with van der Waals surface area (Å²) in [4.78, 5) is 6.83. The molecule has 0 bridgehead atoms. The summed E-state index contributed by atoms with van der Waals surface area (Å²) >= 11 is 0. The Morgan fingerprint density at radius 3 is 2.72 bits per heavy atom. The van der Waals surface area contributed by atoms with Crippen LogP contribution in [0.25, 0.3) is 0 Å². The van der Waals surface area contributed by atoms with Gasteiger partial charge in [-0.05, 0) is 18.4 Å². The van der Waals surface area contributed by atoms with Crippen LogP contribution in [-0.2, 0) is 11.2 Å². The van der Waals surface area contributed by atoms with Gasteiger partial charge < -0.3 is 15.4 Å². The summed E-state index contributed by atoms with van der Waals surface area (Å²) in [7, 11) is 0. The fourth-order valence-corrected chi connectivity index (χ4v) is 2.77. The van der Waals surface area contributed by atoms with Gasteiger partial charge in [-0.25, -0.2) is 0 Å². The average Bonchev–Trinajstić information content (AvgIpc) is 2.67. The highest BCUT2D eigenvalue weighted by Gasteiger charge is 2.09. The lowest BCUT2D eigenvalue weighted by Gasteiger charge is -2.26. The number of nitrogens with zero attached hydrogens (tertiary/aromatic N) is 4. The topological polar surface area (TPSA) is 75.2 Å². The van der Waals surface area contributed by atoms with Crippen molar-refractivity contribution in [1.82, 2.24) is 20.1 Å². The minimum Gasteiger partial charge on any atom is -0.379 e. The van der Waals surface area contributed by atoms with Crippen LogP contribution in [0.3, 0.4) is 0 Å². The van der Waals surface area contributed by atoms with E-state index < -0.39 is 0 Å². The normalized spacial score (nSPS) is 15.0. The second-order valence-corrected chi connectivity index (χ2v) is 6.06. The number of aromatic nitrogens is 3. The summed E-state index contributed by atoms with van der Waals surface area (Å²) in [6.45, 7) is 6.25. The molecule has 134 valence electrons. The van der Waals surface area contributed by atoms with Crippen molar-refractivity contribution >= 4 is 11.8 Å². The van der Waals surface area contributed by atoms with Crippen LogP contribution in [0.2, 0.25) is 0 Å². The minimum absolute atomic E-state index is 0.571. The number of hydrogen-bond acceptors (Lipinski definition) is 7. The molecule has 1 aliphatic rings. The van der Waals surface area contributed by atoms with E-state index in [2.05, 4.69) is 55.0 Å². The van der Waals surface area contributed by atoms with Gasteiger partial charge in [0.15, 0.2) is 0 Å². The van der Waals surface area contributed by atoms with Crippen LogP contribution in [0, 0.1) is 0 Å². The molecule has 0 spiro atoms. The molecule has 2 heterocycles. The molecule has 1 fully saturated rings. The number of nitrogens with one attached hydrogen (secondary N) is 2. The molecule has 1 aromatic carbocycles. The zero-order chi connectivity index (χ0) is 17.2. The van der Waals surface area contributed by atoms with E-state index in [1.807, 2.05) is 6.07 Å². The molecule has 1 aromatic heterocycles. The van der Waals surface area contributed by atoms with Crippen LogP contribution in [0.15, 0.2) is 36.5 Å². The molecule has 2 aromatic rings. The monoisotopic (exact) mass is 342 g/mol. The maximum atomic E-state index is 5.35. The first-order chi connectivity index (χ1) is 12.4. The standard InChI is InChI=1S/C18H26N6O/c1-2-5-16(6-3-1)7-4-8-19-17-15-21-23-18(22-17)20-9-10-24-11-13-25-14-12-24/h1-3,5-6,15H,4,7-14H2,(H2,19,20,22,23). The molecule has 7 nitrogen and oxygen atoms in total. The predicted octanol–water partition coefficient (Wildman–Crippen LogP) is 1.66. The fourth-order valence-electron chi connectivity index (χ4n) is 2.77. The van der Waals surface area contributed by atoms with E-state index in [4.69, 9.17) is 4.74 Å². The summed E-state index contributed by atoms with van der Waals surface area (Å²) in [5, 5.41) is 14.6. The summed E-state index contributed by atoms with van der Waals surface area (Å²) in [5.74, 6) is 1.33. The summed E-state index contributed by atoms with van der Waals surface area (Å²) in [5.41, 5.74) is 1.36. The van der Waals surface area contributed by atoms with Crippen molar-refractivity contribution in [1.29, 1.82) is 0 Å². The highest BCUT2D eigenvalue weighted by Crippen LogP contribution is 2.06. The van der Waals surface area contributed by atoms with Gasteiger partial charge in [-0.2, -0.15) is 10.1 Å². The molecule has 0 amide bonds. The van der Waals surface area contributed by atoms with E-state index in [1.165, 1.54) is 5.56 Å². The van der Waals surface area contributed by atoms with Gasteiger partial charge in [0.2, 0.25) is 5.95 Å². The zero-order valence-electron chi connectivity index (χ0n) is 14.5. The summed E-state index contributed by atoms with van der Waals surface area (Å²) < 4.78 is 5.35. The van der Waals surface area contributed by atoms with Crippen LogP contribution in [0.5, 0.6) is 0 Å². The van der Waals surface area contributed by atoms with E-state index in [9.17, 15) is 0 Å². The zero-order valence-corrected chi connectivity index (χ0v) is 14.5. The van der Waals surface area contributed by atoms with Crippen molar-refractivity contribution in [2.45, 2.75) is 12.8 Å². The molecule has 2 N–H and O–H groups in total. The smallest absolute Gasteiger partial charge is 0.244 e. The van der Waals surface area contributed by atoms with Gasteiger partial charge in [-0.15, -0.1) is 5.10 Å². The average molecular weight is 342 g/mol. The number of rotatable bonds is 9. The molecule has 0 saturated carbocycles. The van der Waals surface area contributed by atoms with Gasteiger partial charge in [0.05, 0.1) is 19.4 Å². The maximum absolute atomic E-state index is 5.35. The third-order valence-corrected chi connectivity index (χ3v) is 4.16. The van der Waals surface area contributed by atoms with Crippen molar-refractivity contribution in [3.05, 3.63) is 42.1 Å². The molecule has 1 saturated heterocycles. The highest BCUT2D eigenvalue weighted by molar-refractivity contribution is 5.36. The predicted molar refractivity (Wildman–Crippen MR) is 98.8 cm³/mol. The number of morpholine rings is 1. The van der Waals surface area contributed by atoms with Crippen LogP contribution >= 0.6 is 0 Å². The van der Waals surface area contributed by atoms with E-state index in [0.29, 0.717) is 5.95 Å². The van der Waals surface area contributed by atoms with Gasteiger partial charge >= 0.3 is 0 Å². The molecule has 0 aliphatic carbocycles. The third kappa shape index (κ3) is 6.28. The lowest BCUT2D eigenvalue weighted by molar-refractivity contribution is 0.0398. The Morgan fingerprint density at radius 2 is 1.88 bits per heavy atom. The van der Waals surface area contributed by atoms with Crippen molar-refractivity contribution < 1.29 is 4.74 Å². The van der Waals surface area contributed by atoms with Crippen LogP contribution in [0.1, 0.15) is 12.0 Å². The summed E-state index contributed by atoms with van der Waals surface area (Å²) in [6.07, 6.45) is 3.76. The molecule has 0 unspecified atom stereocenters. The van der Waals surface area contributed by atoms with Crippen molar-refractivity contribution in [2.75, 3.05) is 56.6 Å². The molecule has 25 heavy (non-hydrogen) atoms. The van der Waals surface area contributed by atoms with Crippen LogP contribution in [0.4, 0.5) is 11.8 Å². The number of aryl methyl sites for hydroxylation is 1. The number of ether oxygens (including phenoxy) is 1. The number of benzene rings is 1. The first-order valence-corrected chi connectivity index (χ1v) is 8.92. The fraction of sp³-hybridized carbons (Fsp3) is 0.500. The maximum Gasteiger partial charge on any atom is 0.244 e. The largest absolute Gasteiger partial charge is 0.379 e. The van der Waals surface area contributed by atoms with Gasteiger partial charge in [0, 0.05) is 32.7 Å². The number of hydrogen-bond donors (Lipinski definition) is 2. The minimum atomic E-state index is 0.571. The Bertz CT molecular complexity index is 618. The molecule has 0 atom stereocenters. The lowest BCUT2D eigenvalue weighted by Crippen LogP contribution is -2.39.